The van der Waals surface area contributed by atoms with Gasteiger partial charge in [-0.25, -0.2) is 0 Å². The van der Waals surface area contributed by atoms with Gasteiger partial charge in [-0.1, -0.05) is 29.5 Å². The Hall–Kier alpha value is -1.84. The molecule has 0 radical (unpaired) electrons. The number of fused-ring (bicyclic) bond motifs is 1. The van der Waals surface area contributed by atoms with Crippen LogP contribution in [-0.4, -0.2) is 45.9 Å². The van der Waals surface area contributed by atoms with Crippen LogP contribution >= 0.6 is 0 Å². The molecule has 2 aromatic rings. The molecule has 1 heterocycles. The molecule has 118 valence electrons. The third-order valence-electron chi connectivity index (χ3n) is 3.98. The summed E-state index contributed by atoms with van der Waals surface area (Å²) < 4.78 is 30.5. The lowest BCUT2D eigenvalue weighted by atomic mass is 9.90. The van der Waals surface area contributed by atoms with Crippen molar-refractivity contribution < 1.29 is 13.0 Å². The van der Waals surface area contributed by atoms with Gasteiger partial charge in [-0.2, -0.15) is 13.6 Å². The molecule has 0 amide bonds. The number of aromatic nitrogens is 4. The maximum atomic E-state index is 10.8. The third-order valence-corrected chi connectivity index (χ3v) is 4.78. The van der Waals surface area contributed by atoms with Crippen molar-refractivity contribution in [3.05, 3.63) is 41.2 Å². The van der Waals surface area contributed by atoms with Crippen molar-refractivity contribution >= 4 is 10.1 Å². The van der Waals surface area contributed by atoms with Crippen molar-refractivity contribution in [2.75, 3.05) is 12.3 Å². The molecule has 22 heavy (non-hydrogen) atoms. The summed E-state index contributed by atoms with van der Waals surface area (Å²) in [5.41, 5.74) is 1.74. The van der Waals surface area contributed by atoms with E-state index in [1.54, 1.807) is 0 Å². The molecule has 1 aliphatic carbocycles. The van der Waals surface area contributed by atoms with E-state index in [-0.39, 0.29) is 5.75 Å². The molecule has 0 saturated heterocycles. The number of H-pyrrole nitrogens is 1. The number of rotatable bonds is 6. The number of tetrazole rings is 1. The normalized spacial score (nSPS) is 21.0. The molecule has 0 fully saturated rings. The van der Waals surface area contributed by atoms with Gasteiger partial charge in [-0.05, 0) is 36.9 Å². The fraction of sp³-hybridized carbons (Fsp3) is 0.462. The average molecular weight is 323 g/mol. The second kappa shape index (κ2) is 5.75. The Morgan fingerprint density at radius 3 is 2.91 bits per heavy atom. The summed E-state index contributed by atoms with van der Waals surface area (Å²) >= 11 is 0. The summed E-state index contributed by atoms with van der Waals surface area (Å²) in [6.07, 6.45) is 1.97. The Morgan fingerprint density at radius 1 is 1.36 bits per heavy atom. The van der Waals surface area contributed by atoms with E-state index in [0.717, 1.165) is 18.4 Å². The molecular formula is C13H17N5O3S. The lowest BCUT2D eigenvalue weighted by molar-refractivity contribution is 0.376. The SMILES string of the molecule is O=S(=O)(O)CCCNC1(c2nn[nH]n2)CCc2ccccc21. The summed E-state index contributed by atoms with van der Waals surface area (Å²) in [5.74, 6) is 0.272. The van der Waals surface area contributed by atoms with E-state index < -0.39 is 15.7 Å². The third kappa shape index (κ3) is 2.87. The Balaban J connectivity index is 1.84. The van der Waals surface area contributed by atoms with Crippen molar-refractivity contribution in [1.82, 2.24) is 25.9 Å². The highest BCUT2D eigenvalue weighted by molar-refractivity contribution is 7.85. The molecule has 0 spiro atoms. The lowest BCUT2D eigenvalue weighted by Crippen LogP contribution is -2.43. The molecule has 1 unspecified atom stereocenters. The number of hydrogen-bond acceptors (Lipinski definition) is 6. The zero-order chi connectivity index (χ0) is 15.6. The van der Waals surface area contributed by atoms with Crippen molar-refractivity contribution in [2.45, 2.75) is 24.8 Å². The van der Waals surface area contributed by atoms with Gasteiger partial charge < -0.3 is 5.32 Å². The van der Waals surface area contributed by atoms with Crippen molar-refractivity contribution in [3.8, 4) is 0 Å². The van der Waals surface area contributed by atoms with Crippen molar-refractivity contribution in [3.63, 3.8) is 0 Å². The zero-order valence-corrected chi connectivity index (χ0v) is 12.7. The van der Waals surface area contributed by atoms with E-state index in [4.69, 9.17) is 4.55 Å². The van der Waals surface area contributed by atoms with E-state index in [1.165, 1.54) is 5.56 Å². The topological polar surface area (TPSA) is 121 Å². The molecular weight excluding hydrogens is 306 g/mol. The van der Waals surface area contributed by atoms with Crippen LogP contribution in [0.5, 0.6) is 0 Å². The van der Waals surface area contributed by atoms with Gasteiger partial charge in [0.25, 0.3) is 10.1 Å². The Morgan fingerprint density at radius 2 is 2.18 bits per heavy atom. The van der Waals surface area contributed by atoms with Crippen molar-refractivity contribution in [2.24, 2.45) is 0 Å². The minimum atomic E-state index is -3.94. The van der Waals surface area contributed by atoms with Gasteiger partial charge in [0.2, 0.25) is 0 Å². The van der Waals surface area contributed by atoms with Crippen LogP contribution < -0.4 is 5.32 Å². The van der Waals surface area contributed by atoms with Crippen LogP contribution in [-0.2, 0) is 22.1 Å². The fourth-order valence-electron chi connectivity index (χ4n) is 3.01. The molecule has 9 heteroatoms. The van der Waals surface area contributed by atoms with E-state index in [2.05, 4.69) is 32.0 Å². The number of aryl methyl sites for hydroxylation is 1. The second-order valence-electron chi connectivity index (χ2n) is 5.36. The van der Waals surface area contributed by atoms with Crippen molar-refractivity contribution in [1.29, 1.82) is 0 Å². The molecule has 3 rings (SSSR count). The smallest absolute Gasteiger partial charge is 0.264 e. The zero-order valence-electron chi connectivity index (χ0n) is 11.9. The molecule has 1 atom stereocenters. The highest BCUT2D eigenvalue weighted by atomic mass is 32.2. The van der Waals surface area contributed by atoms with Gasteiger partial charge in [-0.15, -0.1) is 10.2 Å². The molecule has 1 aliphatic rings. The number of aromatic amines is 1. The average Bonchev–Trinajstić information content (AvgIpc) is 3.11. The lowest BCUT2D eigenvalue weighted by Gasteiger charge is -2.28. The van der Waals surface area contributed by atoms with Crippen LogP contribution in [0.2, 0.25) is 0 Å². The summed E-state index contributed by atoms with van der Waals surface area (Å²) in [6.45, 7) is 0.419. The van der Waals surface area contributed by atoms with Crippen LogP contribution in [0.25, 0.3) is 0 Å². The van der Waals surface area contributed by atoms with Gasteiger partial charge in [0.1, 0.15) is 5.54 Å². The number of benzene rings is 1. The van der Waals surface area contributed by atoms with E-state index in [0.29, 0.717) is 18.8 Å². The van der Waals surface area contributed by atoms with Gasteiger partial charge in [0, 0.05) is 0 Å². The van der Waals surface area contributed by atoms with Crippen LogP contribution in [0.15, 0.2) is 24.3 Å². The molecule has 8 nitrogen and oxygen atoms in total. The fourth-order valence-corrected chi connectivity index (χ4v) is 3.51. The summed E-state index contributed by atoms with van der Waals surface area (Å²) in [7, 11) is -3.94. The highest BCUT2D eigenvalue weighted by Crippen LogP contribution is 2.40. The maximum absolute atomic E-state index is 10.8. The van der Waals surface area contributed by atoms with Crippen LogP contribution in [0.1, 0.15) is 29.8 Å². The predicted octanol–water partition coefficient (Wildman–Crippen LogP) is 0.257. The van der Waals surface area contributed by atoms with E-state index >= 15 is 0 Å². The minimum Gasteiger partial charge on any atom is -0.301 e. The summed E-state index contributed by atoms with van der Waals surface area (Å²) in [6, 6.07) is 8.04. The molecule has 1 aromatic carbocycles. The number of nitrogens with zero attached hydrogens (tertiary/aromatic N) is 3. The first kappa shape index (κ1) is 15.1. The monoisotopic (exact) mass is 323 g/mol. The minimum absolute atomic E-state index is 0.274. The van der Waals surface area contributed by atoms with Crippen LogP contribution in [0, 0.1) is 0 Å². The summed E-state index contributed by atoms with van der Waals surface area (Å²) in [5, 5.41) is 17.7. The Kier molecular flexibility index (Phi) is 3.94. The standard InChI is InChI=1S/C13H17N5O3S/c19-22(20,21)9-3-8-14-13(12-15-17-18-16-12)7-6-10-4-1-2-5-11(10)13/h1-2,4-5,14H,3,6-9H2,(H,19,20,21)(H,15,16,17,18). The quantitative estimate of drug-likeness (QED) is 0.515. The van der Waals surface area contributed by atoms with Gasteiger partial charge >= 0.3 is 0 Å². The van der Waals surface area contributed by atoms with Crippen LogP contribution in [0.4, 0.5) is 0 Å². The first-order chi connectivity index (χ1) is 10.5. The maximum Gasteiger partial charge on any atom is 0.264 e. The van der Waals surface area contributed by atoms with Gasteiger partial charge in [0.05, 0.1) is 5.75 Å². The van der Waals surface area contributed by atoms with Gasteiger partial charge in [0.15, 0.2) is 5.82 Å². The number of hydrogen-bond donors (Lipinski definition) is 3. The molecule has 1 aromatic heterocycles. The Labute approximate surface area is 128 Å². The van der Waals surface area contributed by atoms with E-state index in [1.807, 2.05) is 18.2 Å². The number of nitrogens with one attached hydrogen (secondary N) is 2. The highest BCUT2D eigenvalue weighted by Gasteiger charge is 2.43. The first-order valence-electron chi connectivity index (χ1n) is 7.04. The Bertz CT molecular complexity index is 747. The molecule has 0 bridgehead atoms. The van der Waals surface area contributed by atoms with Gasteiger partial charge in [-0.3, -0.25) is 4.55 Å². The predicted molar refractivity (Wildman–Crippen MR) is 78.8 cm³/mol. The second-order valence-corrected chi connectivity index (χ2v) is 6.94. The van der Waals surface area contributed by atoms with E-state index in [9.17, 15) is 8.42 Å². The summed E-state index contributed by atoms with van der Waals surface area (Å²) in [4.78, 5) is 0. The molecule has 0 aliphatic heterocycles. The first-order valence-corrected chi connectivity index (χ1v) is 8.65. The molecule has 3 N–H and O–H groups in total. The molecule has 0 saturated carbocycles. The largest absolute Gasteiger partial charge is 0.301 e. The van der Waals surface area contributed by atoms with Crippen LogP contribution in [0.3, 0.4) is 0 Å².